The number of carbonyl (C=O) groups excluding carboxylic acids is 2. The molecule has 1 aliphatic heterocycles. The van der Waals surface area contributed by atoms with Gasteiger partial charge in [-0.2, -0.15) is 0 Å². The number of benzene rings is 2. The molecule has 1 amide bonds. The number of carbonyl (C=O) groups is 2. The molecule has 2 heterocycles. The van der Waals surface area contributed by atoms with E-state index in [9.17, 15) is 9.59 Å². The highest BCUT2D eigenvalue weighted by molar-refractivity contribution is 9.10. The molecular weight excluding hydrogens is 552 g/mol. The van der Waals surface area contributed by atoms with Crippen LogP contribution in [0.25, 0.3) is 0 Å². The molecule has 0 saturated heterocycles. The molecule has 0 spiro atoms. The number of esters is 1. The van der Waals surface area contributed by atoms with Crippen molar-refractivity contribution in [1.82, 2.24) is 5.32 Å². The summed E-state index contributed by atoms with van der Waals surface area (Å²) >= 11 is 5.24. The number of halogens is 1. The van der Waals surface area contributed by atoms with Gasteiger partial charge in [0.25, 0.3) is 5.91 Å². The van der Waals surface area contributed by atoms with E-state index in [-0.39, 0.29) is 11.3 Å². The third-order valence-electron chi connectivity index (χ3n) is 7.34. The first kappa shape index (κ1) is 25.8. The van der Waals surface area contributed by atoms with Crippen LogP contribution < -0.4 is 20.1 Å². The standard InChI is InChI=1S/C29H31BrN2O4S/c1-15-6-8-16(9-7-15)28(34)36-24-20(30)12-17(13-21(24)35-5)25-31-26(33)23-19-11-10-18(29(2,3)4)14-22(19)37-27(23)32-25/h6-9,12-13,18,25,32H,10-11,14H2,1-5H3,(H,31,33)/t18-,25+/m0/s1. The molecule has 0 bridgehead atoms. The van der Waals surface area contributed by atoms with Gasteiger partial charge in [-0.3, -0.25) is 4.79 Å². The second-order valence-corrected chi connectivity index (χ2v) is 12.8. The van der Waals surface area contributed by atoms with Crippen molar-refractivity contribution in [2.75, 3.05) is 12.4 Å². The molecule has 6 nitrogen and oxygen atoms in total. The molecule has 1 aliphatic carbocycles. The summed E-state index contributed by atoms with van der Waals surface area (Å²) < 4.78 is 11.8. The van der Waals surface area contributed by atoms with E-state index >= 15 is 0 Å². The highest BCUT2D eigenvalue weighted by Gasteiger charge is 2.37. The average Bonchev–Trinajstić information content (AvgIpc) is 3.23. The molecule has 194 valence electrons. The van der Waals surface area contributed by atoms with E-state index in [0.29, 0.717) is 27.5 Å². The number of fused-ring (bicyclic) bond motifs is 3. The number of anilines is 1. The lowest BCUT2D eigenvalue weighted by Crippen LogP contribution is -2.38. The van der Waals surface area contributed by atoms with Gasteiger partial charge in [0.15, 0.2) is 11.5 Å². The van der Waals surface area contributed by atoms with Crippen LogP contribution in [-0.2, 0) is 12.8 Å². The molecule has 0 radical (unpaired) electrons. The molecule has 0 saturated carbocycles. The van der Waals surface area contributed by atoms with E-state index in [1.807, 2.05) is 25.1 Å². The zero-order valence-electron chi connectivity index (χ0n) is 21.7. The minimum atomic E-state index is -0.474. The van der Waals surface area contributed by atoms with Crippen LogP contribution in [-0.4, -0.2) is 19.0 Å². The van der Waals surface area contributed by atoms with E-state index in [1.165, 1.54) is 17.6 Å². The third kappa shape index (κ3) is 5.01. The van der Waals surface area contributed by atoms with Crippen LogP contribution in [0.5, 0.6) is 11.5 Å². The number of hydrogen-bond acceptors (Lipinski definition) is 6. The third-order valence-corrected chi connectivity index (χ3v) is 9.11. The summed E-state index contributed by atoms with van der Waals surface area (Å²) in [7, 11) is 1.53. The van der Waals surface area contributed by atoms with Crippen molar-refractivity contribution in [2.24, 2.45) is 11.3 Å². The predicted molar refractivity (Wildman–Crippen MR) is 150 cm³/mol. The number of nitrogens with one attached hydrogen (secondary N) is 2. The van der Waals surface area contributed by atoms with Crippen molar-refractivity contribution in [3.63, 3.8) is 0 Å². The summed E-state index contributed by atoms with van der Waals surface area (Å²) in [6.07, 6.45) is 2.61. The van der Waals surface area contributed by atoms with Gasteiger partial charge in [-0.05, 0) is 88.8 Å². The van der Waals surface area contributed by atoms with E-state index in [1.54, 1.807) is 29.5 Å². The van der Waals surface area contributed by atoms with Gasteiger partial charge in [0, 0.05) is 4.88 Å². The first-order valence-corrected chi connectivity index (χ1v) is 14.0. The maximum atomic E-state index is 13.3. The summed E-state index contributed by atoms with van der Waals surface area (Å²) in [6, 6.07) is 10.8. The van der Waals surface area contributed by atoms with Gasteiger partial charge in [-0.25, -0.2) is 4.79 Å². The van der Waals surface area contributed by atoms with Crippen LogP contribution in [0, 0.1) is 18.3 Å². The number of thiophene rings is 1. The van der Waals surface area contributed by atoms with Gasteiger partial charge >= 0.3 is 5.97 Å². The summed E-state index contributed by atoms with van der Waals surface area (Å²) in [5.41, 5.74) is 4.53. The molecule has 5 rings (SSSR count). The van der Waals surface area contributed by atoms with Crippen molar-refractivity contribution in [3.8, 4) is 11.5 Å². The Morgan fingerprint density at radius 3 is 2.54 bits per heavy atom. The number of hydrogen-bond donors (Lipinski definition) is 2. The van der Waals surface area contributed by atoms with Crippen LogP contribution in [0.1, 0.15) is 75.6 Å². The van der Waals surface area contributed by atoms with Crippen LogP contribution >= 0.6 is 27.3 Å². The average molecular weight is 584 g/mol. The van der Waals surface area contributed by atoms with Crippen molar-refractivity contribution >= 4 is 44.1 Å². The lowest BCUT2D eigenvalue weighted by molar-refractivity contribution is 0.0728. The zero-order valence-corrected chi connectivity index (χ0v) is 24.1. The highest BCUT2D eigenvalue weighted by atomic mass is 79.9. The maximum Gasteiger partial charge on any atom is 0.343 e. The Morgan fingerprint density at radius 1 is 1.14 bits per heavy atom. The van der Waals surface area contributed by atoms with Crippen molar-refractivity contribution < 1.29 is 19.1 Å². The monoisotopic (exact) mass is 582 g/mol. The quantitative estimate of drug-likeness (QED) is 0.254. The molecule has 0 unspecified atom stereocenters. The van der Waals surface area contributed by atoms with Crippen molar-refractivity contribution in [1.29, 1.82) is 0 Å². The molecule has 8 heteroatoms. The summed E-state index contributed by atoms with van der Waals surface area (Å²) in [6.45, 7) is 8.85. The Balaban J connectivity index is 1.40. The van der Waals surface area contributed by atoms with Gasteiger partial charge in [-0.15, -0.1) is 11.3 Å². The molecule has 1 aromatic heterocycles. The number of ether oxygens (including phenoxy) is 2. The first-order valence-electron chi connectivity index (χ1n) is 12.4. The molecule has 0 fully saturated rings. The van der Waals surface area contributed by atoms with E-state index in [4.69, 9.17) is 9.47 Å². The Morgan fingerprint density at radius 2 is 1.86 bits per heavy atom. The van der Waals surface area contributed by atoms with Crippen molar-refractivity contribution in [2.45, 2.75) is 53.1 Å². The summed E-state index contributed by atoms with van der Waals surface area (Å²) in [5.74, 6) is 0.757. The van der Waals surface area contributed by atoms with Gasteiger partial charge in [0.1, 0.15) is 11.2 Å². The lowest BCUT2D eigenvalue weighted by atomic mass is 9.72. The molecule has 37 heavy (non-hydrogen) atoms. The predicted octanol–water partition coefficient (Wildman–Crippen LogP) is 7.05. The highest BCUT2D eigenvalue weighted by Crippen LogP contribution is 2.47. The number of amides is 1. The Kier molecular flexibility index (Phi) is 6.83. The van der Waals surface area contributed by atoms with Crippen LogP contribution in [0.15, 0.2) is 40.9 Å². The fourth-order valence-electron chi connectivity index (χ4n) is 5.05. The maximum absolute atomic E-state index is 13.3. The SMILES string of the molecule is COc1cc([C@@H]2NC(=O)c3c(sc4c3CC[C@H](C(C)(C)C)C4)N2)cc(Br)c1OC(=O)c1ccc(C)cc1. The second kappa shape index (κ2) is 9.80. The van der Waals surface area contributed by atoms with Gasteiger partial charge in [0.2, 0.25) is 0 Å². The normalized spacial score (nSPS) is 18.8. The Bertz CT molecular complexity index is 1370. The number of aryl methyl sites for hydroxylation is 1. The second-order valence-electron chi connectivity index (χ2n) is 10.9. The Hall–Kier alpha value is -2.84. The van der Waals surface area contributed by atoms with Gasteiger partial charge in [-0.1, -0.05) is 38.5 Å². The largest absolute Gasteiger partial charge is 0.493 e. The summed E-state index contributed by atoms with van der Waals surface area (Å²) in [5, 5.41) is 7.55. The molecule has 2 atom stereocenters. The Labute approximate surface area is 229 Å². The zero-order chi connectivity index (χ0) is 26.5. The smallest absolute Gasteiger partial charge is 0.343 e. The van der Waals surface area contributed by atoms with Crippen LogP contribution in [0.3, 0.4) is 0 Å². The fraction of sp³-hybridized carbons (Fsp3) is 0.379. The number of rotatable bonds is 4. The fourth-order valence-corrected chi connectivity index (χ4v) is 6.94. The first-order chi connectivity index (χ1) is 17.5. The summed E-state index contributed by atoms with van der Waals surface area (Å²) in [4.78, 5) is 27.3. The van der Waals surface area contributed by atoms with Gasteiger partial charge < -0.3 is 20.1 Å². The van der Waals surface area contributed by atoms with E-state index in [2.05, 4.69) is 47.3 Å². The molecule has 2 aromatic carbocycles. The van der Waals surface area contributed by atoms with Crippen LogP contribution in [0.2, 0.25) is 0 Å². The topological polar surface area (TPSA) is 76.7 Å². The van der Waals surface area contributed by atoms with Crippen LogP contribution in [0.4, 0.5) is 5.00 Å². The van der Waals surface area contributed by atoms with Gasteiger partial charge in [0.05, 0.1) is 22.7 Å². The minimum Gasteiger partial charge on any atom is -0.493 e. The molecule has 2 N–H and O–H groups in total. The van der Waals surface area contributed by atoms with Crippen molar-refractivity contribution in [3.05, 3.63) is 73.6 Å². The molecular formula is C29H31BrN2O4S. The molecule has 2 aliphatic rings. The molecule has 3 aromatic rings. The lowest BCUT2D eigenvalue weighted by Gasteiger charge is -2.34. The number of methoxy groups -OCH3 is 1. The van der Waals surface area contributed by atoms with E-state index < -0.39 is 12.1 Å². The van der Waals surface area contributed by atoms with E-state index in [0.717, 1.165) is 41.0 Å². The minimum absolute atomic E-state index is 0.0598.